The summed E-state index contributed by atoms with van der Waals surface area (Å²) in [7, 11) is 0. The lowest BCUT2D eigenvalue weighted by Gasteiger charge is -2.32. The third-order valence-corrected chi connectivity index (χ3v) is 4.82. The van der Waals surface area contributed by atoms with E-state index in [1.54, 1.807) is 0 Å². The molecule has 0 aromatic rings. The first kappa shape index (κ1) is 13.4. The van der Waals surface area contributed by atoms with Gasteiger partial charge in [-0.25, -0.2) is 0 Å². The van der Waals surface area contributed by atoms with Crippen molar-refractivity contribution in [2.45, 2.75) is 71.8 Å². The third-order valence-electron chi connectivity index (χ3n) is 4.82. The molecule has 0 radical (unpaired) electrons. The Labute approximate surface area is 108 Å². The van der Waals surface area contributed by atoms with E-state index in [2.05, 4.69) is 26.1 Å². The Kier molecular flexibility index (Phi) is 4.90. The van der Waals surface area contributed by atoms with Gasteiger partial charge in [-0.1, -0.05) is 20.8 Å². The summed E-state index contributed by atoms with van der Waals surface area (Å²) in [6.45, 7) is 8.30. The second-order valence-corrected chi connectivity index (χ2v) is 6.86. The maximum Gasteiger partial charge on any atom is 0.00953 e. The summed E-state index contributed by atoms with van der Waals surface area (Å²) in [6, 6.07) is 0.840. The third kappa shape index (κ3) is 4.28. The first-order valence-corrected chi connectivity index (χ1v) is 7.92. The van der Waals surface area contributed by atoms with Crippen LogP contribution in [-0.4, -0.2) is 12.6 Å². The number of nitrogens with one attached hydrogen (secondary N) is 1. The fraction of sp³-hybridized carbons (Fsp3) is 1.00. The van der Waals surface area contributed by atoms with Crippen molar-refractivity contribution in [1.82, 2.24) is 5.32 Å². The van der Waals surface area contributed by atoms with Gasteiger partial charge in [0.15, 0.2) is 0 Å². The summed E-state index contributed by atoms with van der Waals surface area (Å²) in [5.74, 6) is 3.99. The summed E-state index contributed by atoms with van der Waals surface area (Å²) >= 11 is 0. The molecule has 1 nitrogen and oxygen atoms in total. The molecule has 0 saturated heterocycles. The Hall–Kier alpha value is -0.0400. The van der Waals surface area contributed by atoms with Crippen molar-refractivity contribution in [3.8, 4) is 0 Å². The van der Waals surface area contributed by atoms with Crippen LogP contribution < -0.4 is 5.32 Å². The van der Waals surface area contributed by atoms with Crippen molar-refractivity contribution >= 4 is 0 Å². The second-order valence-electron chi connectivity index (χ2n) is 6.86. The van der Waals surface area contributed by atoms with Gasteiger partial charge in [0.2, 0.25) is 0 Å². The molecule has 17 heavy (non-hydrogen) atoms. The Morgan fingerprint density at radius 1 is 1.06 bits per heavy atom. The molecule has 2 saturated carbocycles. The average Bonchev–Trinajstić information content (AvgIpc) is 3.06. The van der Waals surface area contributed by atoms with E-state index in [1.165, 1.54) is 44.9 Å². The van der Waals surface area contributed by atoms with Gasteiger partial charge in [0.05, 0.1) is 0 Å². The molecule has 0 aromatic heterocycles. The molecule has 0 spiro atoms. The average molecular weight is 237 g/mol. The van der Waals surface area contributed by atoms with E-state index in [0.29, 0.717) is 0 Å². The highest BCUT2D eigenvalue weighted by molar-refractivity contribution is 4.87. The van der Waals surface area contributed by atoms with Gasteiger partial charge in [-0.05, 0) is 75.2 Å². The van der Waals surface area contributed by atoms with Gasteiger partial charge in [-0.15, -0.1) is 0 Å². The van der Waals surface area contributed by atoms with Crippen LogP contribution in [-0.2, 0) is 0 Å². The van der Waals surface area contributed by atoms with E-state index in [-0.39, 0.29) is 0 Å². The van der Waals surface area contributed by atoms with Crippen LogP contribution in [0.2, 0.25) is 0 Å². The van der Waals surface area contributed by atoms with Crippen LogP contribution in [0.4, 0.5) is 0 Å². The Morgan fingerprint density at radius 3 is 2.24 bits per heavy atom. The van der Waals surface area contributed by atoms with Crippen molar-refractivity contribution in [3.05, 3.63) is 0 Å². The molecule has 100 valence electrons. The maximum absolute atomic E-state index is 3.71. The normalized spacial score (nSPS) is 35.8. The van der Waals surface area contributed by atoms with Crippen LogP contribution in [0.1, 0.15) is 65.7 Å². The first-order chi connectivity index (χ1) is 8.19. The summed E-state index contributed by atoms with van der Waals surface area (Å²) in [4.78, 5) is 0. The summed E-state index contributed by atoms with van der Waals surface area (Å²) in [6.07, 6.45) is 10.3. The monoisotopic (exact) mass is 237 g/mol. The van der Waals surface area contributed by atoms with Gasteiger partial charge >= 0.3 is 0 Å². The van der Waals surface area contributed by atoms with Gasteiger partial charge < -0.3 is 5.32 Å². The minimum atomic E-state index is 0.840. The number of hydrogen-bond donors (Lipinski definition) is 1. The van der Waals surface area contributed by atoms with Crippen LogP contribution in [0, 0.1) is 23.7 Å². The van der Waals surface area contributed by atoms with Gasteiger partial charge in [0.25, 0.3) is 0 Å². The van der Waals surface area contributed by atoms with Crippen LogP contribution in [0.3, 0.4) is 0 Å². The van der Waals surface area contributed by atoms with Crippen LogP contribution in [0.25, 0.3) is 0 Å². The quantitative estimate of drug-likeness (QED) is 0.729. The highest BCUT2D eigenvalue weighted by Crippen LogP contribution is 2.38. The van der Waals surface area contributed by atoms with E-state index in [4.69, 9.17) is 0 Å². The molecular weight excluding hydrogens is 206 g/mol. The van der Waals surface area contributed by atoms with Crippen LogP contribution in [0.5, 0.6) is 0 Å². The molecular formula is C16H31N. The molecule has 3 unspecified atom stereocenters. The standard InChI is InChI=1S/C16H31N/c1-4-17-16(15-6-7-15)8-5-14-10-12(2)9-13(3)11-14/h12-17H,4-11H2,1-3H3. The molecule has 1 N–H and O–H groups in total. The van der Waals surface area contributed by atoms with Crippen LogP contribution >= 0.6 is 0 Å². The van der Waals surface area contributed by atoms with E-state index >= 15 is 0 Å². The van der Waals surface area contributed by atoms with Gasteiger partial charge in [0, 0.05) is 6.04 Å². The lowest BCUT2D eigenvalue weighted by molar-refractivity contribution is 0.200. The summed E-state index contributed by atoms with van der Waals surface area (Å²) in [5, 5.41) is 3.71. The SMILES string of the molecule is CCNC(CCC1CC(C)CC(C)C1)C1CC1. The Morgan fingerprint density at radius 2 is 1.71 bits per heavy atom. The zero-order valence-electron chi connectivity index (χ0n) is 12.0. The van der Waals surface area contributed by atoms with Gasteiger partial charge in [0.1, 0.15) is 0 Å². The van der Waals surface area contributed by atoms with E-state index in [9.17, 15) is 0 Å². The lowest BCUT2D eigenvalue weighted by Crippen LogP contribution is -2.32. The van der Waals surface area contributed by atoms with Gasteiger partial charge in [-0.3, -0.25) is 0 Å². The lowest BCUT2D eigenvalue weighted by atomic mass is 9.74. The first-order valence-electron chi connectivity index (χ1n) is 7.92. The highest BCUT2D eigenvalue weighted by atomic mass is 14.9. The highest BCUT2D eigenvalue weighted by Gasteiger charge is 2.31. The van der Waals surface area contributed by atoms with Crippen molar-refractivity contribution in [3.63, 3.8) is 0 Å². The van der Waals surface area contributed by atoms with E-state index < -0.39 is 0 Å². The smallest absolute Gasteiger partial charge is 0.00953 e. The largest absolute Gasteiger partial charge is 0.314 e. The van der Waals surface area contributed by atoms with Crippen molar-refractivity contribution in [2.75, 3.05) is 6.54 Å². The molecule has 2 fully saturated rings. The Bertz CT molecular complexity index is 212. The molecule has 0 bridgehead atoms. The molecule has 2 aliphatic carbocycles. The maximum atomic E-state index is 3.71. The Balaban J connectivity index is 1.72. The molecule has 0 heterocycles. The number of hydrogen-bond acceptors (Lipinski definition) is 1. The predicted molar refractivity (Wildman–Crippen MR) is 75.1 cm³/mol. The zero-order valence-corrected chi connectivity index (χ0v) is 12.0. The molecule has 1 heteroatoms. The van der Waals surface area contributed by atoms with E-state index in [1.807, 2.05) is 0 Å². The molecule has 0 aromatic carbocycles. The fourth-order valence-electron chi connectivity index (χ4n) is 4.03. The fourth-order valence-corrected chi connectivity index (χ4v) is 4.03. The van der Waals surface area contributed by atoms with Crippen molar-refractivity contribution in [2.24, 2.45) is 23.7 Å². The molecule has 2 rings (SSSR count). The van der Waals surface area contributed by atoms with Crippen molar-refractivity contribution < 1.29 is 0 Å². The van der Waals surface area contributed by atoms with Crippen molar-refractivity contribution in [1.29, 1.82) is 0 Å². The van der Waals surface area contributed by atoms with Gasteiger partial charge in [-0.2, -0.15) is 0 Å². The molecule has 2 aliphatic rings. The number of rotatable bonds is 6. The molecule has 0 aliphatic heterocycles. The minimum Gasteiger partial charge on any atom is -0.314 e. The van der Waals surface area contributed by atoms with Crippen LogP contribution in [0.15, 0.2) is 0 Å². The molecule has 3 atom stereocenters. The second kappa shape index (κ2) is 6.22. The van der Waals surface area contributed by atoms with E-state index in [0.717, 1.165) is 36.3 Å². The summed E-state index contributed by atoms with van der Waals surface area (Å²) in [5.41, 5.74) is 0. The predicted octanol–water partition coefficient (Wildman–Crippen LogP) is 4.23. The minimum absolute atomic E-state index is 0.840. The molecule has 0 amide bonds. The summed E-state index contributed by atoms with van der Waals surface area (Å²) < 4.78 is 0. The topological polar surface area (TPSA) is 12.0 Å². The zero-order chi connectivity index (χ0) is 12.3.